The number of aliphatic hydroxyl groups excluding tert-OH is 1. The van der Waals surface area contributed by atoms with E-state index in [2.05, 4.69) is 70.3 Å². The first-order valence-electron chi connectivity index (χ1n) is 21.3. The molecule has 0 radical (unpaired) electrons. The highest BCUT2D eigenvalue weighted by molar-refractivity contribution is 7.96. The fourth-order valence-corrected chi connectivity index (χ4v) is 10.3. The van der Waals surface area contributed by atoms with Crippen molar-refractivity contribution in [2.75, 3.05) is 23.5 Å². The third-order valence-electron chi connectivity index (χ3n) is 12.6. The van der Waals surface area contributed by atoms with Crippen molar-refractivity contribution in [3.05, 3.63) is 34.9 Å². The van der Waals surface area contributed by atoms with Crippen molar-refractivity contribution in [3.63, 3.8) is 0 Å². The van der Waals surface area contributed by atoms with Crippen molar-refractivity contribution in [1.82, 2.24) is 19.5 Å². The largest absolute Gasteiger partial charge is 0.548 e. The molecule has 0 aliphatic carbocycles. The standard InChI is InChI=1S/C44H70N6O6S/c1-26(2)13-10-14-27(3)15-11-16-28(4)17-12-20-44(8)21-18-32-31(7)37(29(5)30(6)38(32)56-44)55-39-36(51)34(23-57(9)22-19-33(45)43(52)53)54-42(39)50-25-49-35-40(46)47-24-48-41(35)50/h24-28,33-34,36,39,42,51H,10-23,45H2,1-9H3,(H2-,46,47,48,52,53)/t27-,28-,33+,34-,36-,39-,42-,44-,57?/m1/s1. The fraction of sp³-hybridized carbons (Fsp3) is 0.727. The molecule has 2 aliphatic rings. The monoisotopic (exact) mass is 811 g/mol. The number of anilines is 1. The van der Waals surface area contributed by atoms with Crippen LogP contribution in [0.3, 0.4) is 0 Å². The third kappa shape index (κ3) is 11.1. The van der Waals surface area contributed by atoms with E-state index in [1.54, 1.807) is 10.9 Å². The van der Waals surface area contributed by atoms with E-state index in [1.807, 2.05) is 6.26 Å². The first-order valence-corrected chi connectivity index (χ1v) is 23.3. The summed E-state index contributed by atoms with van der Waals surface area (Å²) in [5, 5.41) is 23.2. The minimum absolute atomic E-state index is 0.230. The smallest absolute Gasteiger partial charge is 0.177 e. The summed E-state index contributed by atoms with van der Waals surface area (Å²) in [6.07, 6.45) is 15.3. The second kappa shape index (κ2) is 19.7. The summed E-state index contributed by atoms with van der Waals surface area (Å²) in [4.78, 5) is 24.2. The third-order valence-corrected chi connectivity index (χ3v) is 14.4. The van der Waals surface area contributed by atoms with Gasteiger partial charge in [-0.2, -0.15) is 0 Å². The number of aliphatic carboxylic acids is 1. The van der Waals surface area contributed by atoms with Gasteiger partial charge < -0.3 is 40.7 Å². The summed E-state index contributed by atoms with van der Waals surface area (Å²) in [5.74, 6) is 4.06. The predicted molar refractivity (Wildman–Crippen MR) is 227 cm³/mol. The molecule has 0 bridgehead atoms. The highest BCUT2D eigenvalue weighted by atomic mass is 32.2. The van der Waals surface area contributed by atoms with E-state index in [0.717, 1.165) is 71.4 Å². The van der Waals surface area contributed by atoms with E-state index in [0.29, 0.717) is 28.4 Å². The number of carboxylic acids is 1. The lowest BCUT2D eigenvalue weighted by Crippen LogP contribution is -2.43. The van der Waals surface area contributed by atoms with Gasteiger partial charge in [-0.1, -0.05) is 72.6 Å². The van der Waals surface area contributed by atoms with E-state index in [4.69, 9.17) is 25.7 Å². The number of hydrogen-bond donors (Lipinski definition) is 3. The SMILES string of the molecule is Cc1c(C)c2c(c(C)c1O[C@@H]1[C@H](O)[C@@H](C[S+](C)CC[C@H](N)C(=O)[O-])O[C@H]1n1cnc3c(N)ncnc31)CC[C@@](C)(CCC[C@H](C)CCC[C@H](C)CCCC(C)C)O2. The number of rotatable bonds is 21. The molecule has 9 atom stereocenters. The lowest BCUT2D eigenvalue weighted by atomic mass is 9.83. The number of carboxylic acid groups (broad SMARTS) is 1. The van der Waals surface area contributed by atoms with Crippen LogP contribution in [-0.4, -0.2) is 78.3 Å². The topological polar surface area (TPSA) is 184 Å². The van der Waals surface area contributed by atoms with Crippen LogP contribution in [-0.2, 0) is 26.8 Å². The molecule has 5 N–H and O–H groups in total. The number of carbonyl (C=O) groups excluding carboxylic acids is 1. The molecular formula is C44H70N6O6S. The van der Waals surface area contributed by atoms with Gasteiger partial charge in [-0.05, 0) is 98.7 Å². The Morgan fingerprint density at radius 2 is 1.68 bits per heavy atom. The van der Waals surface area contributed by atoms with Gasteiger partial charge in [0.2, 0.25) is 0 Å². The molecule has 3 aromatic rings. The van der Waals surface area contributed by atoms with Gasteiger partial charge in [-0.15, -0.1) is 0 Å². The van der Waals surface area contributed by atoms with Gasteiger partial charge in [0.25, 0.3) is 0 Å². The van der Waals surface area contributed by atoms with Crippen molar-refractivity contribution in [3.8, 4) is 11.5 Å². The van der Waals surface area contributed by atoms with Crippen LogP contribution in [0.1, 0.15) is 134 Å². The Morgan fingerprint density at radius 3 is 2.35 bits per heavy atom. The first kappa shape index (κ1) is 45.0. The maximum atomic E-state index is 11.9. The highest BCUT2D eigenvalue weighted by Crippen LogP contribution is 2.47. The average molecular weight is 811 g/mol. The Balaban J connectivity index is 1.27. The Kier molecular flexibility index (Phi) is 15.6. The van der Waals surface area contributed by atoms with E-state index >= 15 is 0 Å². The quantitative estimate of drug-likeness (QED) is 0.103. The van der Waals surface area contributed by atoms with E-state index in [1.165, 1.54) is 51.3 Å². The lowest BCUT2D eigenvalue weighted by molar-refractivity contribution is -0.307. The molecule has 318 valence electrons. The van der Waals surface area contributed by atoms with Crippen molar-refractivity contribution in [2.45, 2.75) is 169 Å². The zero-order chi connectivity index (χ0) is 41.6. The molecule has 12 nitrogen and oxygen atoms in total. The minimum atomic E-state index is -1.27. The molecule has 1 unspecified atom stereocenters. The summed E-state index contributed by atoms with van der Waals surface area (Å²) in [5.41, 5.74) is 16.7. The molecule has 2 aromatic heterocycles. The first-order chi connectivity index (χ1) is 27.0. The molecule has 0 amide bonds. The number of hydrogen-bond acceptors (Lipinski definition) is 11. The van der Waals surface area contributed by atoms with Crippen LogP contribution in [0, 0.1) is 38.5 Å². The van der Waals surface area contributed by atoms with Gasteiger partial charge in [0, 0.05) is 18.0 Å². The molecule has 1 saturated heterocycles. The van der Waals surface area contributed by atoms with Crippen LogP contribution in [0.25, 0.3) is 11.2 Å². The maximum absolute atomic E-state index is 11.9. The zero-order valence-corrected chi connectivity index (χ0v) is 36.8. The number of carbonyl (C=O) groups is 1. The molecule has 0 spiro atoms. The van der Waals surface area contributed by atoms with Crippen molar-refractivity contribution >= 4 is 33.8 Å². The highest BCUT2D eigenvalue weighted by Gasteiger charge is 2.50. The maximum Gasteiger partial charge on any atom is 0.177 e. The number of ether oxygens (including phenoxy) is 3. The van der Waals surface area contributed by atoms with Gasteiger partial charge in [-0.3, -0.25) is 4.57 Å². The number of nitrogens with two attached hydrogens (primary N) is 2. The van der Waals surface area contributed by atoms with Crippen LogP contribution < -0.4 is 26.0 Å². The van der Waals surface area contributed by atoms with Crippen LogP contribution >= 0.6 is 0 Å². The molecule has 57 heavy (non-hydrogen) atoms. The Morgan fingerprint density at radius 1 is 1.02 bits per heavy atom. The minimum Gasteiger partial charge on any atom is -0.548 e. The van der Waals surface area contributed by atoms with Gasteiger partial charge in [0.05, 0.1) is 18.6 Å². The lowest BCUT2D eigenvalue weighted by Gasteiger charge is -2.39. The summed E-state index contributed by atoms with van der Waals surface area (Å²) < 4.78 is 22.2. The van der Waals surface area contributed by atoms with Gasteiger partial charge in [0.1, 0.15) is 52.7 Å². The summed E-state index contributed by atoms with van der Waals surface area (Å²) in [6, 6.07) is -1.04. The predicted octanol–water partition coefficient (Wildman–Crippen LogP) is 6.28. The Hall–Kier alpha value is -3.13. The van der Waals surface area contributed by atoms with Gasteiger partial charge in [-0.25, -0.2) is 15.0 Å². The Bertz CT molecular complexity index is 1800. The second-order valence-corrected chi connectivity index (χ2v) is 20.3. The molecule has 2 aliphatic heterocycles. The molecule has 0 saturated carbocycles. The Labute approximate surface area is 343 Å². The number of nitrogen functional groups attached to an aromatic ring is 1. The number of benzene rings is 1. The average Bonchev–Trinajstić information content (AvgIpc) is 3.72. The summed E-state index contributed by atoms with van der Waals surface area (Å²) >= 11 is 0. The van der Waals surface area contributed by atoms with Gasteiger partial charge >= 0.3 is 0 Å². The van der Waals surface area contributed by atoms with E-state index in [9.17, 15) is 15.0 Å². The number of imidazole rings is 1. The zero-order valence-electron chi connectivity index (χ0n) is 36.0. The number of aliphatic hydroxyl groups is 1. The molecular weight excluding hydrogens is 741 g/mol. The summed E-state index contributed by atoms with van der Waals surface area (Å²) in [7, 11) is -0.304. The second-order valence-electron chi connectivity index (χ2n) is 18.0. The molecule has 1 fully saturated rings. The molecule has 1 aromatic carbocycles. The number of fused-ring (bicyclic) bond motifs is 2. The molecule has 5 rings (SSSR count). The van der Waals surface area contributed by atoms with Crippen molar-refractivity contribution < 1.29 is 29.2 Å². The van der Waals surface area contributed by atoms with Crippen LogP contribution in [0.4, 0.5) is 5.82 Å². The molecule has 4 heterocycles. The van der Waals surface area contributed by atoms with E-state index < -0.39 is 36.6 Å². The molecule has 13 heteroatoms. The van der Waals surface area contributed by atoms with E-state index in [-0.39, 0.29) is 28.7 Å². The summed E-state index contributed by atoms with van der Waals surface area (Å²) in [6.45, 7) is 18.0. The van der Waals surface area contributed by atoms with Crippen molar-refractivity contribution in [2.24, 2.45) is 23.5 Å². The van der Waals surface area contributed by atoms with Crippen LogP contribution in [0.5, 0.6) is 11.5 Å². The van der Waals surface area contributed by atoms with Gasteiger partial charge in [0.15, 0.2) is 23.8 Å². The van der Waals surface area contributed by atoms with Crippen molar-refractivity contribution in [1.29, 1.82) is 0 Å². The number of aromatic nitrogens is 4. The van der Waals surface area contributed by atoms with Crippen LogP contribution in [0.2, 0.25) is 0 Å². The van der Waals surface area contributed by atoms with Crippen LogP contribution in [0.15, 0.2) is 12.7 Å². The normalized spacial score (nSPS) is 24.3. The fourth-order valence-electron chi connectivity index (χ4n) is 8.65. The number of nitrogens with zero attached hydrogens (tertiary/aromatic N) is 4.